The van der Waals surface area contributed by atoms with Crippen LogP contribution >= 0.6 is 0 Å². The molecule has 2 N–H and O–H groups in total. The third-order valence-corrected chi connectivity index (χ3v) is 2.36. The van der Waals surface area contributed by atoms with Crippen molar-refractivity contribution >= 4 is 5.82 Å². The summed E-state index contributed by atoms with van der Waals surface area (Å²) in [5, 5.41) is 10.4. The Balaban J connectivity index is 0.000000442. The fraction of sp³-hybridized carbons (Fsp3) is 0.750. The van der Waals surface area contributed by atoms with E-state index in [0.717, 1.165) is 12.4 Å². The largest absolute Gasteiger partial charge is 0.368 e. The quantitative estimate of drug-likeness (QED) is 0.687. The predicted octanol–water partition coefficient (Wildman–Crippen LogP) is 3.69. The molecule has 0 saturated heterocycles. The van der Waals surface area contributed by atoms with Crippen molar-refractivity contribution in [1.82, 2.24) is 10.2 Å². The van der Waals surface area contributed by atoms with Crippen molar-refractivity contribution in [3.63, 3.8) is 0 Å². The zero-order chi connectivity index (χ0) is 11.8. The maximum absolute atomic E-state index is 4.17. The molecule has 0 aliphatic carbocycles. The average Bonchev–Trinajstić information content (AvgIpc) is 2.68. The molecule has 2 heterocycles. The average molecular weight is 211 g/mol. The maximum atomic E-state index is 4.17. The van der Waals surface area contributed by atoms with Crippen molar-refractivity contribution in [1.29, 1.82) is 0 Å². The van der Waals surface area contributed by atoms with Gasteiger partial charge >= 0.3 is 0 Å². The van der Waals surface area contributed by atoms with Crippen LogP contribution in [0.25, 0.3) is 0 Å². The molecule has 0 radical (unpaired) electrons. The van der Waals surface area contributed by atoms with E-state index < -0.39 is 0 Å². The summed E-state index contributed by atoms with van der Waals surface area (Å²) in [6.07, 6.45) is 1.22. The van der Waals surface area contributed by atoms with Gasteiger partial charge in [0.05, 0.1) is 0 Å². The third kappa shape index (κ3) is 3.26. The molecule has 1 atom stereocenters. The van der Waals surface area contributed by atoms with E-state index in [0.29, 0.717) is 5.92 Å². The van der Waals surface area contributed by atoms with Crippen molar-refractivity contribution < 1.29 is 0 Å². The van der Waals surface area contributed by atoms with E-state index >= 15 is 0 Å². The summed E-state index contributed by atoms with van der Waals surface area (Å²) in [4.78, 5) is 0. The minimum atomic E-state index is 0.657. The standard InChI is InChI=1S/C8H13N3.2C2H6/c1-5-3-4-9-8-7(5)6(2)10-11-8;2*1-2/h5H,3-4H2,1-2H3,(H2,9,10,11);2*1-2H3. The fourth-order valence-corrected chi connectivity index (χ4v) is 1.73. The van der Waals surface area contributed by atoms with Gasteiger partial charge in [0.2, 0.25) is 0 Å². The molecule has 15 heavy (non-hydrogen) atoms. The molecule has 1 aromatic rings. The van der Waals surface area contributed by atoms with E-state index in [1.54, 1.807) is 0 Å². The lowest BCUT2D eigenvalue weighted by Crippen LogP contribution is -2.14. The number of fused-ring (bicyclic) bond motifs is 1. The zero-order valence-electron chi connectivity index (χ0n) is 10.9. The van der Waals surface area contributed by atoms with Crippen molar-refractivity contribution in [2.75, 3.05) is 11.9 Å². The highest BCUT2D eigenvalue weighted by molar-refractivity contribution is 5.50. The van der Waals surface area contributed by atoms with Crippen molar-refractivity contribution in [2.24, 2.45) is 0 Å². The SMILES string of the molecule is CC.CC.Cc1[nH]nc2c1C(C)CCN2. The summed E-state index contributed by atoms with van der Waals surface area (Å²) in [5.74, 6) is 1.71. The van der Waals surface area contributed by atoms with E-state index in [9.17, 15) is 0 Å². The Morgan fingerprint density at radius 3 is 2.33 bits per heavy atom. The first-order valence-corrected chi connectivity index (χ1v) is 6.08. The summed E-state index contributed by atoms with van der Waals surface area (Å²) < 4.78 is 0. The Morgan fingerprint density at radius 2 is 1.80 bits per heavy atom. The molecule has 3 heteroatoms. The molecule has 0 aromatic carbocycles. The number of rotatable bonds is 0. The number of nitrogens with zero attached hydrogens (tertiary/aromatic N) is 1. The van der Waals surface area contributed by atoms with E-state index in [1.807, 2.05) is 27.7 Å². The molecule has 1 unspecified atom stereocenters. The molecule has 0 saturated carbocycles. The minimum Gasteiger partial charge on any atom is -0.368 e. The number of aryl methyl sites for hydroxylation is 1. The number of hydrogen-bond donors (Lipinski definition) is 2. The number of aromatic amines is 1. The lowest BCUT2D eigenvalue weighted by molar-refractivity contribution is 0.679. The van der Waals surface area contributed by atoms with Crippen LogP contribution in [0, 0.1) is 6.92 Å². The predicted molar refractivity (Wildman–Crippen MR) is 67.5 cm³/mol. The van der Waals surface area contributed by atoms with Crippen LogP contribution < -0.4 is 5.32 Å². The second-order valence-corrected chi connectivity index (χ2v) is 3.23. The molecule has 0 spiro atoms. The topological polar surface area (TPSA) is 40.7 Å². The van der Waals surface area contributed by atoms with Gasteiger partial charge in [-0.3, -0.25) is 5.10 Å². The van der Waals surface area contributed by atoms with Crippen LogP contribution in [0.2, 0.25) is 0 Å². The van der Waals surface area contributed by atoms with Crippen molar-refractivity contribution in [3.05, 3.63) is 11.3 Å². The summed E-state index contributed by atoms with van der Waals surface area (Å²) in [5.41, 5.74) is 2.58. The first kappa shape index (κ1) is 14.0. The Hall–Kier alpha value is -0.990. The first-order chi connectivity index (χ1) is 7.29. The van der Waals surface area contributed by atoms with E-state index in [-0.39, 0.29) is 0 Å². The second kappa shape index (κ2) is 7.32. The smallest absolute Gasteiger partial charge is 0.151 e. The number of anilines is 1. The van der Waals surface area contributed by atoms with Gasteiger partial charge in [-0.15, -0.1) is 0 Å². The Morgan fingerprint density at radius 1 is 1.20 bits per heavy atom. The Kier molecular flexibility index (Phi) is 6.84. The first-order valence-electron chi connectivity index (χ1n) is 6.08. The van der Waals surface area contributed by atoms with Crippen LogP contribution in [-0.2, 0) is 0 Å². The number of nitrogens with one attached hydrogen (secondary N) is 2. The molecule has 0 bridgehead atoms. The van der Waals surface area contributed by atoms with Gasteiger partial charge in [-0.2, -0.15) is 5.10 Å². The third-order valence-electron chi connectivity index (χ3n) is 2.36. The van der Waals surface area contributed by atoms with Gasteiger partial charge in [-0.05, 0) is 19.3 Å². The monoisotopic (exact) mass is 211 g/mol. The summed E-state index contributed by atoms with van der Waals surface area (Å²) in [6.45, 7) is 13.4. The second-order valence-electron chi connectivity index (χ2n) is 3.23. The molecule has 0 fully saturated rings. The van der Waals surface area contributed by atoms with Crippen LogP contribution in [-0.4, -0.2) is 16.7 Å². The molecule has 1 aliphatic heterocycles. The van der Waals surface area contributed by atoms with Crippen LogP contribution in [0.3, 0.4) is 0 Å². The summed E-state index contributed by atoms with van der Waals surface area (Å²) in [6, 6.07) is 0. The highest BCUT2D eigenvalue weighted by Crippen LogP contribution is 2.31. The van der Waals surface area contributed by atoms with Gasteiger partial charge in [-0.1, -0.05) is 34.6 Å². The zero-order valence-corrected chi connectivity index (χ0v) is 10.9. The number of aromatic nitrogens is 2. The Labute approximate surface area is 93.7 Å². The molecular formula is C12H25N3. The molecule has 1 aromatic heterocycles. The van der Waals surface area contributed by atoms with Crippen molar-refractivity contribution in [3.8, 4) is 0 Å². The molecule has 0 amide bonds. The lowest BCUT2D eigenvalue weighted by Gasteiger charge is -2.19. The highest BCUT2D eigenvalue weighted by atomic mass is 15.2. The summed E-state index contributed by atoms with van der Waals surface area (Å²) >= 11 is 0. The molecule has 3 nitrogen and oxygen atoms in total. The van der Waals surface area contributed by atoms with Crippen LogP contribution in [0.5, 0.6) is 0 Å². The van der Waals surface area contributed by atoms with Gasteiger partial charge < -0.3 is 5.32 Å². The van der Waals surface area contributed by atoms with Crippen molar-refractivity contribution in [2.45, 2.75) is 53.9 Å². The van der Waals surface area contributed by atoms with E-state index in [1.165, 1.54) is 17.7 Å². The summed E-state index contributed by atoms with van der Waals surface area (Å²) in [7, 11) is 0. The van der Waals surface area contributed by atoms with Gasteiger partial charge in [0.25, 0.3) is 0 Å². The molecule has 2 rings (SSSR count). The maximum Gasteiger partial charge on any atom is 0.151 e. The minimum absolute atomic E-state index is 0.657. The van der Waals surface area contributed by atoms with Crippen LogP contribution in [0.15, 0.2) is 0 Å². The van der Waals surface area contributed by atoms with Gasteiger partial charge in [0.1, 0.15) is 0 Å². The normalized spacial score (nSPS) is 17.3. The Bertz CT molecular complexity index is 266. The van der Waals surface area contributed by atoms with E-state index in [2.05, 4.69) is 29.4 Å². The van der Waals surface area contributed by atoms with Gasteiger partial charge in [-0.25, -0.2) is 0 Å². The fourth-order valence-electron chi connectivity index (χ4n) is 1.73. The van der Waals surface area contributed by atoms with Crippen LogP contribution in [0.1, 0.15) is 58.2 Å². The van der Waals surface area contributed by atoms with Gasteiger partial charge in [0, 0.05) is 17.8 Å². The molecule has 88 valence electrons. The van der Waals surface area contributed by atoms with E-state index in [4.69, 9.17) is 0 Å². The molecular weight excluding hydrogens is 186 g/mol. The lowest BCUT2D eigenvalue weighted by atomic mass is 9.95. The highest BCUT2D eigenvalue weighted by Gasteiger charge is 2.20. The molecule has 1 aliphatic rings. The number of hydrogen-bond acceptors (Lipinski definition) is 2. The number of H-pyrrole nitrogens is 1. The van der Waals surface area contributed by atoms with Crippen LogP contribution in [0.4, 0.5) is 5.82 Å². The van der Waals surface area contributed by atoms with Gasteiger partial charge in [0.15, 0.2) is 5.82 Å².